The maximum Gasteiger partial charge on any atom is 0.129 e. The molecule has 2 heterocycles. The third-order valence-electron chi connectivity index (χ3n) is 2.54. The predicted molar refractivity (Wildman–Crippen MR) is 71.9 cm³/mol. The summed E-state index contributed by atoms with van der Waals surface area (Å²) in [5.74, 6) is 0.770. The van der Waals surface area contributed by atoms with Crippen LogP contribution in [0.25, 0.3) is 11.0 Å². The summed E-state index contributed by atoms with van der Waals surface area (Å²) < 4.78 is 1.70. The van der Waals surface area contributed by atoms with Crippen LogP contribution in [-0.4, -0.2) is 19.7 Å². The number of anilines is 1. The van der Waals surface area contributed by atoms with Crippen LogP contribution in [0.2, 0.25) is 10.0 Å². The smallest absolute Gasteiger partial charge is 0.129 e. The second-order valence-corrected chi connectivity index (χ2v) is 4.75. The van der Waals surface area contributed by atoms with Crippen LogP contribution >= 0.6 is 23.2 Å². The molecule has 0 aliphatic rings. The van der Waals surface area contributed by atoms with Crippen LogP contribution in [0.4, 0.5) is 5.69 Å². The Bertz CT molecular complexity index is 676. The Balaban J connectivity index is 1.98. The van der Waals surface area contributed by atoms with Gasteiger partial charge < -0.3 is 10.7 Å². The maximum atomic E-state index is 5.95. The molecule has 0 unspecified atom stereocenters. The van der Waals surface area contributed by atoms with Gasteiger partial charge in [0.25, 0.3) is 0 Å². The molecule has 0 fully saturated rings. The summed E-state index contributed by atoms with van der Waals surface area (Å²) in [5, 5.41) is 5.09. The van der Waals surface area contributed by atoms with Crippen LogP contribution in [0.3, 0.4) is 0 Å². The van der Waals surface area contributed by atoms with Crippen molar-refractivity contribution in [2.75, 3.05) is 5.73 Å². The van der Waals surface area contributed by atoms with E-state index >= 15 is 0 Å². The number of nitrogens with two attached hydrogens (primary N) is 1. The Morgan fingerprint density at radius 3 is 2.78 bits per heavy atom. The first-order valence-corrected chi connectivity index (χ1v) is 5.99. The van der Waals surface area contributed by atoms with Crippen molar-refractivity contribution in [3.63, 3.8) is 0 Å². The van der Waals surface area contributed by atoms with Gasteiger partial charge in [-0.15, -0.1) is 0 Å². The Labute approximate surface area is 113 Å². The van der Waals surface area contributed by atoms with Crippen LogP contribution < -0.4 is 5.73 Å². The first kappa shape index (κ1) is 11.4. The minimum absolute atomic E-state index is 0.491. The summed E-state index contributed by atoms with van der Waals surface area (Å²) >= 11 is 11.9. The fourth-order valence-electron chi connectivity index (χ4n) is 1.75. The highest BCUT2D eigenvalue weighted by Crippen LogP contribution is 2.26. The van der Waals surface area contributed by atoms with E-state index < -0.39 is 0 Å². The number of nitrogen functional groups attached to an aromatic ring is 1. The maximum absolute atomic E-state index is 5.95. The van der Waals surface area contributed by atoms with E-state index in [4.69, 9.17) is 28.9 Å². The Morgan fingerprint density at radius 2 is 2.06 bits per heavy atom. The highest BCUT2D eigenvalue weighted by molar-refractivity contribution is 6.42. The van der Waals surface area contributed by atoms with Gasteiger partial charge in [0.2, 0.25) is 0 Å². The number of benzene rings is 1. The van der Waals surface area contributed by atoms with Crippen molar-refractivity contribution in [2.45, 2.75) is 6.54 Å². The Hall–Kier alpha value is -1.72. The molecule has 0 aliphatic carbocycles. The molecule has 2 aromatic heterocycles. The van der Waals surface area contributed by atoms with E-state index in [0.717, 1.165) is 16.9 Å². The monoisotopic (exact) mass is 281 g/mol. The lowest BCUT2D eigenvalue weighted by Gasteiger charge is -1.95. The number of halogens is 2. The summed E-state index contributed by atoms with van der Waals surface area (Å²) in [4.78, 5) is 7.58. The third kappa shape index (κ3) is 2.02. The van der Waals surface area contributed by atoms with Crippen LogP contribution in [0, 0.1) is 0 Å². The van der Waals surface area contributed by atoms with E-state index in [0.29, 0.717) is 22.3 Å². The van der Waals surface area contributed by atoms with Gasteiger partial charge in [0, 0.05) is 6.20 Å². The molecule has 0 amide bonds. The molecule has 18 heavy (non-hydrogen) atoms. The third-order valence-corrected chi connectivity index (χ3v) is 3.26. The summed E-state index contributed by atoms with van der Waals surface area (Å²) in [7, 11) is 0. The minimum Gasteiger partial charge on any atom is -0.396 e. The molecule has 0 radical (unpaired) electrons. The molecule has 0 saturated carbocycles. The van der Waals surface area contributed by atoms with Crippen molar-refractivity contribution in [3.05, 3.63) is 40.4 Å². The number of hydrogen-bond donors (Lipinski definition) is 2. The van der Waals surface area contributed by atoms with E-state index in [1.54, 1.807) is 29.2 Å². The summed E-state index contributed by atoms with van der Waals surface area (Å²) in [6.07, 6.45) is 3.34. The second kappa shape index (κ2) is 4.19. The van der Waals surface area contributed by atoms with E-state index in [9.17, 15) is 0 Å². The number of nitrogens with zero attached hydrogens (tertiary/aromatic N) is 3. The van der Waals surface area contributed by atoms with Crippen molar-refractivity contribution in [1.29, 1.82) is 0 Å². The first-order valence-electron chi connectivity index (χ1n) is 5.23. The van der Waals surface area contributed by atoms with E-state index in [1.165, 1.54) is 0 Å². The number of nitrogens with one attached hydrogen (secondary N) is 1. The molecule has 7 heteroatoms. The molecule has 3 aromatic rings. The largest absolute Gasteiger partial charge is 0.396 e. The number of imidazole rings is 1. The van der Waals surface area contributed by atoms with Crippen LogP contribution in [-0.2, 0) is 6.54 Å². The second-order valence-electron chi connectivity index (χ2n) is 3.94. The van der Waals surface area contributed by atoms with Gasteiger partial charge in [-0.05, 0) is 12.1 Å². The van der Waals surface area contributed by atoms with Crippen molar-refractivity contribution < 1.29 is 0 Å². The number of rotatable bonds is 2. The predicted octanol–water partition coefficient (Wildman–Crippen LogP) is 2.70. The minimum atomic E-state index is 0.491. The summed E-state index contributed by atoms with van der Waals surface area (Å²) in [6, 6.07) is 3.49. The van der Waals surface area contributed by atoms with E-state index in [-0.39, 0.29) is 0 Å². The van der Waals surface area contributed by atoms with Gasteiger partial charge in [0.1, 0.15) is 5.82 Å². The quantitative estimate of drug-likeness (QED) is 0.759. The molecular weight excluding hydrogens is 273 g/mol. The van der Waals surface area contributed by atoms with Gasteiger partial charge in [-0.25, -0.2) is 4.98 Å². The van der Waals surface area contributed by atoms with E-state index in [2.05, 4.69) is 15.1 Å². The molecule has 5 nitrogen and oxygen atoms in total. The normalized spacial score (nSPS) is 11.2. The molecule has 92 valence electrons. The van der Waals surface area contributed by atoms with Gasteiger partial charge in [-0.1, -0.05) is 23.2 Å². The van der Waals surface area contributed by atoms with Gasteiger partial charge >= 0.3 is 0 Å². The molecule has 0 spiro atoms. The lowest BCUT2D eigenvalue weighted by molar-refractivity contribution is 0.663. The zero-order valence-corrected chi connectivity index (χ0v) is 10.7. The van der Waals surface area contributed by atoms with Gasteiger partial charge in [-0.2, -0.15) is 5.10 Å². The molecule has 0 bridgehead atoms. The lowest BCUT2D eigenvalue weighted by Crippen LogP contribution is -2.01. The number of hydrogen-bond acceptors (Lipinski definition) is 3. The molecule has 0 aliphatic heterocycles. The number of aromatic nitrogens is 4. The van der Waals surface area contributed by atoms with Crippen molar-refractivity contribution in [3.8, 4) is 0 Å². The van der Waals surface area contributed by atoms with Gasteiger partial charge in [0.05, 0.1) is 39.5 Å². The van der Waals surface area contributed by atoms with Crippen LogP contribution in [0.15, 0.2) is 24.5 Å². The molecule has 3 N–H and O–H groups in total. The average molecular weight is 282 g/mol. The highest BCUT2D eigenvalue weighted by Gasteiger charge is 2.07. The number of H-pyrrole nitrogens is 1. The lowest BCUT2D eigenvalue weighted by atomic mass is 10.3. The molecular formula is C11H9Cl2N5. The van der Waals surface area contributed by atoms with Gasteiger partial charge in [0.15, 0.2) is 0 Å². The zero-order chi connectivity index (χ0) is 12.7. The Kier molecular flexibility index (Phi) is 2.65. The van der Waals surface area contributed by atoms with Crippen LogP contribution in [0.1, 0.15) is 5.82 Å². The fraction of sp³-hybridized carbons (Fsp3) is 0.0909. The van der Waals surface area contributed by atoms with Crippen LogP contribution in [0.5, 0.6) is 0 Å². The summed E-state index contributed by atoms with van der Waals surface area (Å²) in [5.41, 5.74) is 7.84. The first-order chi connectivity index (χ1) is 8.61. The van der Waals surface area contributed by atoms with Gasteiger partial charge in [-0.3, -0.25) is 4.68 Å². The molecule has 0 saturated heterocycles. The molecule has 3 rings (SSSR count). The van der Waals surface area contributed by atoms with Crippen molar-refractivity contribution >= 4 is 39.9 Å². The number of fused-ring (bicyclic) bond motifs is 1. The SMILES string of the molecule is Nc1cnn(Cc2nc3cc(Cl)c(Cl)cc3[nH]2)c1. The number of aromatic amines is 1. The topological polar surface area (TPSA) is 72.5 Å². The molecule has 0 atom stereocenters. The molecule has 1 aromatic carbocycles. The van der Waals surface area contributed by atoms with Crippen molar-refractivity contribution in [1.82, 2.24) is 19.7 Å². The fourth-order valence-corrected chi connectivity index (χ4v) is 2.07. The Morgan fingerprint density at radius 1 is 1.28 bits per heavy atom. The van der Waals surface area contributed by atoms with E-state index in [1.807, 2.05) is 0 Å². The zero-order valence-electron chi connectivity index (χ0n) is 9.19. The standard InChI is InChI=1S/C11H9Cl2N5/c12-7-1-9-10(2-8(7)13)17-11(16-9)5-18-4-6(14)3-15-18/h1-4H,5,14H2,(H,16,17). The summed E-state index contributed by atoms with van der Waals surface area (Å²) in [6.45, 7) is 0.515. The van der Waals surface area contributed by atoms with Crippen molar-refractivity contribution in [2.24, 2.45) is 0 Å². The average Bonchev–Trinajstić information content (AvgIpc) is 2.86. The highest BCUT2D eigenvalue weighted by atomic mass is 35.5.